The number of carbonyl (C=O) groups is 1. The van der Waals surface area contributed by atoms with Crippen LogP contribution < -0.4 is 15.5 Å². The van der Waals surface area contributed by atoms with Crippen molar-refractivity contribution < 1.29 is 9.53 Å². The van der Waals surface area contributed by atoms with Gasteiger partial charge in [-0.2, -0.15) is 0 Å². The second kappa shape index (κ2) is 8.15. The van der Waals surface area contributed by atoms with Crippen LogP contribution in [0.3, 0.4) is 0 Å². The summed E-state index contributed by atoms with van der Waals surface area (Å²) in [6, 6.07) is 7.76. The second-order valence-corrected chi connectivity index (χ2v) is 6.45. The van der Waals surface area contributed by atoms with E-state index in [1.54, 1.807) is 0 Å². The summed E-state index contributed by atoms with van der Waals surface area (Å²) in [4.78, 5) is 14.6. The molecule has 1 aliphatic heterocycles. The number of nitrogens with zero attached hydrogens (tertiary/aromatic N) is 1. The van der Waals surface area contributed by atoms with Gasteiger partial charge in [0.2, 0.25) is 0 Å². The number of unbranched alkanes of at least 4 members (excludes halogenated alkanes) is 1. The van der Waals surface area contributed by atoms with Gasteiger partial charge in [0, 0.05) is 25.5 Å². The Morgan fingerprint density at radius 1 is 1.29 bits per heavy atom. The van der Waals surface area contributed by atoms with E-state index in [1.807, 2.05) is 50.2 Å². The first-order valence-corrected chi connectivity index (χ1v) is 8.57. The quantitative estimate of drug-likeness (QED) is 0.469. The zero-order valence-electron chi connectivity index (χ0n) is 14.7. The summed E-state index contributed by atoms with van der Waals surface area (Å²) in [5, 5.41) is 6.72. The van der Waals surface area contributed by atoms with Crippen molar-refractivity contribution in [3.63, 3.8) is 0 Å². The van der Waals surface area contributed by atoms with E-state index in [0.29, 0.717) is 17.3 Å². The number of hydrogen-bond donors (Lipinski definition) is 2. The molecule has 2 rings (SSSR count). The first kappa shape index (κ1) is 18.3. The fourth-order valence-electron chi connectivity index (χ4n) is 2.57. The lowest BCUT2D eigenvalue weighted by Gasteiger charge is -2.30. The molecular weight excluding hydrogens is 322 g/mol. The third-order valence-corrected chi connectivity index (χ3v) is 4.18. The number of benzene rings is 1. The number of ether oxygens (including phenoxy) is 1. The van der Waals surface area contributed by atoms with Gasteiger partial charge in [-0.3, -0.25) is 0 Å². The van der Waals surface area contributed by atoms with Crippen molar-refractivity contribution in [1.29, 1.82) is 0 Å². The molecular formula is C18H25N3O2S. The standard InChI is InChI=1S/C18H25N3O2S/c1-5-6-11-23-17(22)15-12(2)19-18(24)20-16(15)13-7-9-14(10-8-13)21(3)4/h7-10,16H,5-6,11H2,1-4H3,(H2,19,20,24)/t16-/m0/s1. The number of carbonyl (C=O) groups excluding carboxylic acids is 1. The fourth-order valence-corrected chi connectivity index (χ4v) is 2.84. The highest BCUT2D eigenvalue weighted by atomic mass is 32.1. The van der Waals surface area contributed by atoms with Crippen LogP contribution in [0.15, 0.2) is 35.5 Å². The molecule has 0 saturated carbocycles. The van der Waals surface area contributed by atoms with Gasteiger partial charge in [0.25, 0.3) is 0 Å². The van der Waals surface area contributed by atoms with Gasteiger partial charge in [-0.15, -0.1) is 0 Å². The molecule has 0 spiro atoms. The number of nitrogens with one attached hydrogen (secondary N) is 2. The number of allylic oxidation sites excluding steroid dienone is 1. The number of anilines is 1. The van der Waals surface area contributed by atoms with Crippen molar-refractivity contribution in [2.45, 2.75) is 32.7 Å². The highest BCUT2D eigenvalue weighted by Crippen LogP contribution is 2.28. The first-order chi connectivity index (χ1) is 11.4. The molecule has 24 heavy (non-hydrogen) atoms. The van der Waals surface area contributed by atoms with E-state index in [0.717, 1.165) is 29.8 Å². The first-order valence-electron chi connectivity index (χ1n) is 8.16. The number of rotatable bonds is 6. The molecule has 1 aromatic carbocycles. The van der Waals surface area contributed by atoms with Gasteiger partial charge in [0.05, 0.1) is 18.2 Å². The fraction of sp³-hybridized carbons (Fsp3) is 0.444. The van der Waals surface area contributed by atoms with Crippen molar-refractivity contribution in [3.8, 4) is 0 Å². The second-order valence-electron chi connectivity index (χ2n) is 6.05. The maximum atomic E-state index is 12.5. The Bertz CT molecular complexity index is 638. The summed E-state index contributed by atoms with van der Waals surface area (Å²) >= 11 is 5.26. The van der Waals surface area contributed by atoms with E-state index in [1.165, 1.54) is 0 Å². The van der Waals surface area contributed by atoms with Crippen LogP contribution in [-0.2, 0) is 9.53 Å². The minimum absolute atomic E-state index is 0.301. The molecule has 0 saturated heterocycles. The zero-order valence-corrected chi connectivity index (χ0v) is 15.5. The van der Waals surface area contributed by atoms with Gasteiger partial charge in [0.1, 0.15) is 0 Å². The van der Waals surface area contributed by atoms with Gasteiger partial charge in [-0.25, -0.2) is 4.79 Å². The van der Waals surface area contributed by atoms with E-state index in [2.05, 4.69) is 17.6 Å². The minimum Gasteiger partial charge on any atom is -0.462 e. The van der Waals surface area contributed by atoms with Gasteiger partial charge >= 0.3 is 5.97 Å². The summed E-state index contributed by atoms with van der Waals surface area (Å²) in [5.41, 5.74) is 3.40. The van der Waals surface area contributed by atoms with Gasteiger partial charge in [-0.05, 0) is 43.3 Å². The minimum atomic E-state index is -0.302. The molecule has 1 aromatic rings. The molecule has 0 fully saturated rings. The SMILES string of the molecule is CCCCOC(=O)C1=C(C)NC(=S)N[C@H]1c1ccc(N(C)C)cc1. The summed E-state index contributed by atoms with van der Waals surface area (Å²) in [7, 11) is 3.99. The Hall–Kier alpha value is -2.08. The Balaban J connectivity index is 2.28. The van der Waals surface area contributed by atoms with E-state index in [-0.39, 0.29) is 12.0 Å². The monoisotopic (exact) mass is 347 g/mol. The Morgan fingerprint density at radius 2 is 1.96 bits per heavy atom. The lowest BCUT2D eigenvalue weighted by atomic mass is 9.95. The Labute approximate surface area is 149 Å². The molecule has 1 atom stereocenters. The van der Waals surface area contributed by atoms with Crippen molar-refractivity contribution in [2.75, 3.05) is 25.6 Å². The van der Waals surface area contributed by atoms with Crippen LogP contribution in [0.5, 0.6) is 0 Å². The van der Waals surface area contributed by atoms with Crippen LogP contribution in [0.4, 0.5) is 5.69 Å². The lowest BCUT2D eigenvalue weighted by molar-refractivity contribution is -0.139. The maximum Gasteiger partial charge on any atom is 0.338 e. The molecule has 1 aliphatic rings. The molecule has 0 amide bonds. The normalized spacial score (nSPS) is 17.2. The number of esters is 1. The molecule has 0 bridgehead atoms. The topological polar surface area (TPSA) is 53.6 Å². The number of thiocarbonyl (C=S) groups is 1. The molecule has 1 heterocycles. The molecule has 2 N–H and O–H groups in total. The Morgan fingerprint density at radius 3 is 2.54 bits per heavy atom. The average molecular weight is 347 g/mol. The van der Waals surface area contributed by atoms with E-state index in [4.69, 9.17) is 17.0 Å². The summed E-state index contributed by atoms with van der Waals surface area (Å²) in [5.74, 6) is -0.301. The summed E-state index contributed by atoms with van der Waals surface area (Å²) in [6.45, 7) is 4.35. The van der Waals surface area contributed by atoms with Crippen molar-refractivity contribution in [3.05, 3.63) is 41.1 Å². The van der Waals surface area contributed by atoms with Crippen molar-refractivity contribution >= 4 is 29.0 Å². The van der Waals surface area contributed by atoms with Gasteiger partial charge in [-0.1, -0.05) is 25.5 Å². The summed E-state index contributed by atoms with van der Waals surface area (Å²) in [6.07, 6.45) is 1.85. The van der Waals surface area contributed by atoms with Gasteiger partial charge in [0.15, 0.2) is 5.11 Å². The van der Waals surface area contributed by atoms with E-state index >= 15 is 0 Å². The van der Waals surface area contributed by atoms with Crippen LogP contribution in [0, 0.1) is 0 Å². The van der Waals surface area contributed by atoms with E-state index < -0.39 is 0 Å². The third kappa shape index (κ3) is 4.26. The van der Waals surface area contributed by atoms with Crippen molar-refractivity contribution in [2.24, 2.45) is 0 Å². The maximum absolute atomic E-state index is 12.5. The highest BCUT2D eigenvalue weighted by Gasteiger charge is 2.30. The lowest BCUT2D eigenvalue weighted by Crippen LogP contribution is -2.45. The third-order valence-electron chi connectivity index (χ3n) is 3.96. The zero-order chi connectivity index (χ0) is 17.7. The predicted octanol–water partition coefficient (Wildman–Crippen LogP) is 2.89. The highest BCUT2D eigenvalue weighted by molar-refractivity contribution is 7.80. The predicted molar refractivity (Wildman–Crippen MR) is 101 cm³/mol. The molecule has 0 aliphatic carbocycles. The molecule has 130 valence electrons. The smallest absolute Gasteiger partial charge is 0.338 e. The average Bonchev–Trinajstić information content (AvgIpc) is 2.54. The Kier molecular flexibility index (Phi) is 6.20. The molecule has 6 heteroatoms. The molecule has 0 radical (unpaired) electrons. The molecule has 0 unspecified atom stereocenters. The van der Waals surface area contributed by atoms with Crippen LogP contribution in [0.25, 0.3) is 0 Å². The van der Waals surface area contributed by atoms with Crippen molar-refractivity contribution in [1.82, 2.24) is 10.6 Å². The molecule has 5 nitrogen and oxygen atoms in total. The van der Waals surface area contributed by atoms with Crippen LogP contribution >= 0.6 is 12.2 Å². The van der Waals surface area contributed by atoms with Gasteiger partial charge < -0.3 is 20.3 Å². The van der Waals surface area contributed by atoms with Crippen LogP contribution in [0.2, 0.25) is 0 Å². The van der Waals surface area contributed by atoms with Crippen LogP contribution in [0.1, 0.15) is 38.3 Å². The van der Waals surface area contributed by atoms with Crippen LogP contribution in [-0.4, -0.2) is 31.8 Å². The largest absolute Gasteiger partial charge is 0.462 e. The van der Waals surface area contributed by atoms with E-state index in [9.17, 15) is 4.79 Å². The molecule has 0 aromatic heterocycles. The number of hydrogen-bond acceptors (Lipinski definition) is 4. The summed E-state index contributed by atoms with van der Waals surface area (Å²) < 4.78 is 5.41.